The van der Waals surface area contributed by atoms with Crippen molar-refractivity contribution in [3.63, 3.8) is 0 Å². The Kier molecular flexibility index (Phi) is 4.29. The predicted octanol–water partition coefficient (Wildman–Crippen LogP) is 1.66. The Morgan fingerprint density at radius 1 is 1.59 bits per heavy atom. The average Bonchev–Trinajstić information content (AvgIpc) is 2.65. The minimum Gasteiger partial charge on any atom is -0.386 e. The summed E-state index contributed by atoms with van der Waals surface area (Å²) in [5, 5.41) is 9.72. The minimum absolute atomic E-state index is 0.134. The van der Waals surface area contributed by atoms with Gasteiger partial charge >= 0.3 is 0 Å². The Bertz CT molecular complexity index is 477. The third-order valence-electron chi connectivity index (χ3n) is 2.42. The Hall–Kier alpha value is -0.500. The normalized spacial score (nSPS) is 14.9. The third-order valence-corrected chi connectivity index (χ3v) is 5.75. The summed E-state index contributed by atoms with van der Waals surface area (Å²) in [5.41, 5.74) is -0.492. The highest BCUT2D eigenvalue weighted by atomic mass is 32.2. The van der Waals surface area contributed by atoms with E-state index in [-0.39, 0.29) is 4.21 Å². The molecule has 0 aliphatic rings. The molecule has 0 aliphatic heterocycles. The predicted molar refractivity (Wildman–Crippen MR) is 67.4 cm³/mol. The lowest BCUT2D eigenvalue weighted by molar-refractivity contribution is 0.199. The molecule has 17 heavy (non-hydrogen) atoms. The van der Waals surface area contributed by atoms with Gasteiger partial charge in [0.25, 0.3) is 10.0 Å². The molecule has 0 saturated heterocycles. The molecule has 0 aromatic carbocycles. The summed E-state index contributed by atoms with van der Waals surface area (Å²) in [4.78, 5) is 3.89. The van der Waals surface area contributed by atoms with Crippen LogP contribution in [0, 0.1) is 0 Å². The van der Waals surface area contributed by atoms with Gasteiger partial charge in [-0.3, -0.25) is 0 Å². The highest BCUT2D eigenvalue weighted by Gasteiger charge is 2.26. The number of hydrogen-bond acceptors (Lipinski definition) is 5. The second kappa shape index (κ2) is 5.01. The lowest BCUT2D eigenvalue weighted by atomic mass is 10.0. The molecular formula is C10H18N2O3S2. The molecule has 0 amide bonds. The van der Waals surface area contributed by atoms with E-state index in [1.54, 1.807) is 6.92 Å². The van der Waals surface area contributed by atoms with Crippen molar-refractivity contribution in [2.24, 2.45) is 0 Å². The van der Waals surface area contributed by atoms with Crippen LogP contribution in [0.3, 0.4) is 0 Å². The fraction of sp³-hybridized carbons (Fsp3) is 0.700. The minimum atomic E-state index is -3.55. The van der Waals surface area contributed by atoms with Crippen LogP contribution in [0.4, 0.5) is 0 Å². The van der Waals surface area contributed by atoms with Gasteiger partial charge in [0.1, 0.15) is 11.1 Å². The lowest BCUT2D eigenvalue weighted by Crippen LogP contribution is -2.42. The van der Waals surface area contributed by atoms with E-state index >= 15 is 0 Å². The molecule has 1 rings (SSSR count). The van der Waals surface area contributed by atoms with Crippen molar-refractivity contribution >= 4 is 21.4 Å². The fourth-order valence-electron chi connectivity index (χ4n) is 1.08. The Balaban J connectivity index is 2.98. The fourth-order valence-corrected chi connectivity index (χ4v) is 3.65. The number of rotatable bonds is 5. The first-order valence-corrected chi connectivity index (χ1v) is 7.65. The highest BCUT2D eigenvalue weighted by Crippen LogP contribution is 2.24. The van der Waals surface area contributed by atoms with Crippen molar-refractivity contribution in [1.29, 1.82) is 0 Å². The number of aromatic nitrogens is 1. The van der Waals surface area contributed by atoms with E-state index in [1.165, 1.54) is 6.20 Å². The Morgan fingerprint density at radius 2 is 2.18 bits per heavy atom. The molecule has 7 heteroatoms. The van der Waals surface area contributed by atoms with E-state index in [1.807, 2.05) is 20.8 Å². The number of aliphatic hydroxyl groups excluding tert-OH is 1. The summed E-state index contributed by atoms with van der Waals surface area (Å²) < 4.78 is 26.8. The van der Waals surface area contributed by atoms with Gasteiger partial charge in [0.05, 0.1) is 6.20 Å². The zero-order valence-electron chi connectivity index (χ0n) is 10.4. The molecule has 0 bridgehead atoms. The maximum Gasteiger partial charge on any atom is 0.252 e. The van der Waals surface area contributed by atoms with Crippen LogP contribution in [0.2, 0.25) is 0 Å². The summed E-state index contributed by atoms with van der Waals surface area (Å²) >= 11 is 0.988. The molecule has 2 N–H and O–H groups in total. The van der Waals surface area contributed by atoms with Crippen LogP contribution in [-0.4, -0.2) is 24.0 Å². The number of sulfonamides is 1. The van der Waals surface area contributed by atoms with Gasteiger partial charge in [0.15, 0.2) is 4.21 Å². The van der Waals surface area contributed by atoms with Crippen molar-refractivity contribution in [3.8, 4) is 0 Å². The van der Waals surface area contributed by atoms with Crippen molar-refractivity contribution in [3.05, 3.63) is 11.2 Å². The number of hydrogen-bond donors (Lipinski definition) is 2. The number of aliphatic hydroxyl groups is 1. The summed E-state index contributed by atoms with van der Waals surface area (Å²) in [6.45, 7) is 7.11. The van der Waals surface area contributed by atoms with E-state index in [2.05, 4.69) is 9.71 Å². The Morgan fingerprint density at radius 3 is 2.59 bits per heavy atom. The maximum atomic E-state index is 12.0. The molecule has 0 fully saturated rings. The zero-order valence-corrected chi connectivity index (χ0v) is 12.0. The topological polar surface area (TPSA) is 79.3 Å². The van der Waals surface area contributed by atoms with Gasteiger partial charge in [-0.15, -0.1) is 11.3 Å². The number of thiazole rings is 1. The van der Waals surface area contributed by atoms with Gasteiger partial charge in [-0.05, 0) is 27.2 Å². The molecule has 1 aromatic heterocycles. The van der Waals surface area contributed by atoms with Crippen LogP contribution in [-0.2, 0) is 10.0 Å². The van der Waals surface area contributed by atoms with Crippen LogP contribution in [0.25, 0.3) is 0 Å². The first-order chi connectivity index (χ1) is 7.68. The maximum absolute atomic E-state index is 12.0. The van der Waals surface area contributed by atoms with Crippen molar-refractivity contribution < 1.29 is 13.5 Å². The highest BCUT2D eigenvalue weighted by molar-refractivity contribution is 7.91. The summed E-state index contributed by atoms with van der Waals surface area (Å²) in [6, 6.07) is 0. The zero-order chi connectivity index (χ0) is 13.3. The van der Waals surface area contributed by atoms with Crippen LogP contribution in [0.1, 0.15) is 45.2 Å². The van der Waals surface area contributed by atoms with Crippen molar-refractivity contribution in [2.75, 3.05) is 0 Å². The van der Waals surface area contributed by atoms with Crippen molar-refractivity contribution in [1.82, 2.24) is 9.71 Å². The summed E-state index contributed by atoms with van der Waals surface area (Å²) in [5.74, 6) is 0. The second-order valence-corrected chi connectivity index (χ2v) is 7.51. The molecular weight excluding hydrogens is 260 g/mol. The summed E-state index contributed by atoms with van der Waals surface area (Å²) in [7, 11) is -3.55. The number of nitrogens with zero attached hydrogens (tertiary/aromatic N) is 1. The van der Waals surface area contributed by atoms with Crippen LogP contribution in [0.15, 0.2) is 10.4 Å². The molecule has 0 radical (unpaired) electrons. The van der Waals surface area contributed by atoms with Crippen LogP contribution < -0.4 is 4.72 Å². The standard InChI is InChI=1S/C10H18N2O3S2/c1-5-10(3,4)12-17(14,15)8-6-11-9(16-8)7(2)13/h6-7,12-13H,5H2,1-4H3. The van der Waals surface area contributed by atoms with E-state index < -0.39 is 21.7 Å². The monoisotopic (exact) mass is 278 g/mol. The SMILES string of the molecule is CCC(C)(C)NS(=O)(=O)c1cnc(C(C)O)s1. The molecule has 1 aromatic rings. The largest absolute Gasteiger partial charge is 0.386 e. The van der Waals surface area contributed by atoms with Crippen LogP contribution >= 0.6 is 11.3 Å². The molecule has 0 aliphatic carbocycles. The van der Waals surface area contributed by atoms with Gasteiger partial charge in [-0.1, -0.05) is 6.92 Å². The molecule has 1 heterocycles. The quantitative estimate of drug-likeness (QED) is 0.858. The smallest absolute Gasteiger partial charge is 0.252 e. The molecule has 5 nitrogen and oxygen atoms in total. The molecule has 1 atom stereocenters. The molecule has 98 valence electrons. The van der Waals surface area contributed by atoms with E-state index in [0.29, 0.717) is 11.4 Å². The van der Waals surface area contributed by atoms with Gasteiger partial charge < -0.3 is 5.11 Å². The summed E-state index contributed by atoms with van der Waals surface area (Å²) in [6.07, 6.45) is 1.22. The molecule has 0 saturated carbocycles. The van der Waals surface area contributed by atoms with E-state index in [0.717, 1.165) is 11.3 Å². The Labute approximate surface area is 106 Å². The van der Waals surface area contributed by atoms with E-state index in [4.69, 9.17) is 0 Å². The van der Waals surface area contributed by atoms with Crippen LogP contribution in [0.5, 0.6) is 0 Å². The van der Waals surface area contributed by atoms with Gasteiger partial charge in [0, 0.05) is 5.54 Å². The first kappa shape index (κ1) is 14.6. The molecule has 0 spiro atoms. The van der Waals surface area contributed by atoms with Crippen molar-refractivity contribution in [2.45, 2.75) is 50.0 Å². The number of nitrogens with one attached hydrogen (secondary N) is 1. The average molecular weight is 278 g/mol. The van der Waals surface area contributed by atoms with Gasteiger partial charge in [-0.25, -0.2) is 18.1 Å². The first-order valence-electron chi connectivity index (χ1n) is 5.36. The second-order valence-electron chi connectivity index (χ2n) is 4.54. The molecule has 1 unspecified atom stereocenters. The third kappa shape index (κ3) is 3.74. The lowest BCUT2D eigenvalue weighted by Gasteiger charge is -2.23. The van der Waals surface area contributed by atoms with E-state index in [9.17, 15) is 13.5 Å². The van der Waals surface area contributed by atoms with Gasteiger partial charge in [0.2, 0.25) is 0 Å². The van der Waals surface area contributed by atoms with Gasteiger partial charge in [-0.2, -0.15) is 0 Å².